The van der Waals surface area contributed by atoms with Crippen molar-refractivity contribution in [3.63, 3.8) is 0 Å². The minimum absolute atomic E-state index is 0.240. The van der Waals surface area contributed by atoms with Gasteiger partial charge in [0.25, 0.3) is 0 Å². The lowest BCUT2D eigenvalue weighted by molar-refractivity contribution is -0.139. The molecule has 0 spiro atoms. The second-order valence-electron chi connectivity index (χ2n) is 5.65. The summed E-state index contributed by atoms with van der Waals surface area (Å²) >= 11 is 7.39. The van der Waals surface area contributed by atoms with E-state index in [1.54, 1.807) is 37.4 Å². The summed E-state index contributed by atoms with van der Waals surface area (Å²) < 4.78 is 5.24. The van der Waals surface area contributed by atoms with Gasteiger partial charge in [0.15, 0.2) is 0 Å². The molecular weight excluding hydrogens is 386 g/mol. The number of rotatable bonds is 6. The Morgan fingerprint density at radius 2 is 2.04 bits per heavy atom. The molecule has 0 bridgehead atoms. The largest absolute Gasteiger partial charge is 0.463 e. The maximum absolute atomic E-state index is 12.7. The average molecular weight is 404 g/mol. The molecule has 1 unspecified atom stereocenters. The van der Waals surface area contributed by atoms with Crippen LogP contribution in [0.25, 0.3) is 0 Å². The maximum atomic E-state index is 12.7. The van der Waals surface area contributed by atoms with Crippen LogP contribution in [0.5, 0.6) is 0 Å². The van der Waals surface area contributed by atoms with Crippen molar-refractivity contribution >= 4 is 35.4 Å². The molecule has 27 heavy (non-hydrogen) atoms. The van der Waals surface area contributed by atoms with Gasteiger partial charge in [-0.2, -0.15) is 0 Å². The molecule has 3 rings (SSSR count). The highest BCUT2D eigenvalue weighted by Crippen LogP contribution is 2.30. The van der Waals surface area contributed by atoms with Gasteiger partial charge in [0.1, 0.15) is 0 Å². The number of ether oxygens (including phenoxy) is 1. The predicted molar refractivity (Wildman–Crippen MR) is 104 cm³/mol. The Bertz CT molecular complexity index is 856. The number of amides is 2. The van der Waals surface area contributed by atoms with Gasteiger partial charge in [-0.3, -0.25) is 0 Å². The first-order chi connectivity index (χ1) is 13.1. The molecule has 0 fully saturated rings. The molecule has 2 amide bonds. The second-order valence-corrected chi connectivity index (χ2v) is 7.08. The second kappa shape index (κ2) is 8.92. The number of benzene rings is 1. The zero-order chi connectivity index (χ0) is 19.2. The van der Waals surface area contributed by atoms with Crippen LogP contribution in [0.3, 0.4) is 0 Å². The molecule has 0 saturated carbocycles. The minimum Gasteiger partial charge on any atom is -0.463 e. The van der Waals surface area contributed by atoms with Crippen LogP contribution >= 0.6 is 23.4 Å². The predicted octanol–water partition coefficient (Wildman–Crippen LogP) is 3.70. The highest BCUT2D eigenvalue weighted by molar-refractivity contribution is 7.99. The van der Waals surface area contributed by atoms with Gasteiger partial charge in [0.2, 0.25) is 0 Å². The van der Waals surface area contributed by atoms with Crippen LogP contribution in [-0.4, -0.2) is 29.3 Å². The van der Waals surface area contributed by atoms with Crippen LogP contribution in [-0.2, 0) is 9.53 Å². The molecular formula is C19H18ClN3O3S. The van der Waals surface area contributed by atoms with Crippen molar-refractivity contribution in [3.05, 3.63) is 70.5 Å². The first-order valence-electron chi connectivity index (χ1n) is 8.35. The number of esters is 1. The lowest BCUT2D eigenvalue weighted by Crippen LogP contribution is -2.46. The Morgan fingerprint density at radius 3 is 2.70 bits per heavy atom. The van der Waals surface area contributed by atoms with Gasteiger partial charge in [-0.05, 0) is 36.8 Å². The fourth-order valence-corrected chi connectivity index (χ4v) is 3.62. The van der Waals surface area contributed by atoms with Gasteiger partial charge in [0, 0.05) is 22.7 Å². The monoisotopic (exact) mass is 403 g/mol. The van der Waals surface area contributed by atoms with E-state index >= 15 is 0 Å². The Hall–Kier alpha value is -2.51. The van der Waals surface area contributed by atoms with E-state index in [9.17, 15) is 9.59 Å². The quantitative estimate of drug-likeness (QED) is 0.567. The van der Waals surface area contributed by atoms with E-state index in [1.165, 1.54) is 11.8 Å². The molecule has 0 saturated heterocycles. The van der Waals surface area contributed by atoms with Crippen molar-refractivity contribution < 1.29 is 14.3 Å². The van der Waals surface area contributed by atoms with E-state index in [1.807, 2.05) is 18.2 Å². The Morgan fingerprint density at radius 1 is 1.26 bits per heavy atom. The third-order valence-electron chi connectivity index (χ3n) is 3.85. The van der Waals surface area contributed by atoms with Crippen molar-refractivity contribution in [2.24, 2.45) is 0 Å². The van der Waals surface area contributed by atoms with Gasteiger partial charge < -0.3 is 15.4 Å². The molecule has 6 nitrogen and oxygen atoms in total. The topological polar surface area (TPSA) is 80.3 Å². The van der Waals surface area contributed by atoms with Crippen LogP contribution in [0, 0.1) is 0 Å². The highest BCUT2D eigenvalue weighted by atomic mass is 35.5. The summed E-state index contributed by atoms with van der Waals surface area (Å²) in [6, 6.07) is 11.6. The van der Waals surface area contributed by atoms with Gasteiger partial charge >= 0.3 is 12.0 Å². The Balaban J connectivity index is 1.96. The van der Waals surface area contributed by atoms with Gasteiger partial charge in [0.05, 0.1) is 23.2 Å². The minimum atomic E-state index is -0.616. The molecule has 1 aliphatic rings. The van der Waals surface area contributed by atoms with Gasteiger partial charge in [-0.1, -0.05) is 29.8 Å². The molecule has 0 aliphatic carbocycles. The smallest absolute Gasteiger partial charge is 0.338 e. The molecule has 140 valence electrons. The molecule has 1 aliphatic heterocycles. The zero-order valence-corrected chi connectivity index (χ0v) is 16.1. The summed E-state index contributed by atoms with van der Waals surface area (Å²) in [6.07, 6.45) is 1.69. The molecule has 2 aromatic rings. The number of hydrogen-bond acceptors (Lipinski definition) is 5. The number of carbonyl (C=O) groups is 2. The molecule has 2 N–H and O–H groups in total. The number of pyridine rings is 1. The number of nitrogens with zero attached hydrogens (tertiary/aromatic N) is 1. The summed E-state index contributed by atoms with van der Waals surface area (Å²) in [5, 5.41) is 6.91. The first kappa shape index (κ1) is 19.3. The van der Waals surface area contributed by atoms with E-state index in [2.05, 4.69) is 15.6 Å². The molecule has 1 aromatic heterocycles. The molecule has 0 radical (unpaired) electrons. The Kier molecular flexibility index (Phi) is 6.36. The molecule has 1 atom stereocenters. The van der Waals surface area contributed by atoms with Crippen molar-refractivity contribution in [2.45, 2.75) is 18.0 Å². The van der Waals surface area contributed by atoms with E-state index in [0.29, 0.717) is 22.0 Å². The third-order valence-corrected chi connectivity index (χ3v) is 5.08. The fraction of sp³-hybridized carbons (Fsp3) is 0.211. The van der Waals surface area contributed by atoms with E-state index < -0.39 is 12.0 Å². The average Bonchev–Trinajstić information content (AvgIpc) is 2.67. The third kappa shape index (κ3) is 4.81. The van der Waals surface area contributed by atoms with Crippen molar-refractivity contribution in [2.75, 3.05) is 12.4 Å². The van der Waals surface area contributed by atoms with Crippen LogP contribution in [0.1, 0.15) is 18.5 Å². The summed E-state index contributed by atoms with van der Waals surface area (Å²) in [5.74, 6) is -0.0931. The lowest BCUT2D eigenvalue weighted by atomic mass is 9.95. The number of nitrogens with one attached hydrogen (secondary N) is 2. The van der Waals surface area contributed by atoms with Crippen LogP contribution in [0.15, 0.2) is 65.0 Å². The number of halogens is 1. The summed E-state index contributed by atoms with van der Waals surface area (Å²) in [7, 11) is 0. The lowest BCUT2D eigenvalue weighted by Gasteiger charge is -2.29. The van der Waals surface area contributed by atoms with E-state index in [0.717, 1.165) is 10.6 Å². The van der Waals surface area contributed by atoms with E-state index in [4.69, 9.17) is 16.3 Å². The van der Waals surface area contributed by atoms with Crippen LogP contribution < -0.4 is 10.6 Å². The number of hydrogen-bond donors (Lipinski definition) is 2. The highest BCUT2D eigenvalue weighted by Gasteiger charge is 2.33. The first-order valence-corrected chi connectivity index (χ1v) is 9.71. The van der Waals surface area contributed by atoms with Crippen molar-refractivity contribution in [1.29, 1.82) is 0 Å². The Labute approximate surface area is 166 Å². The normalized spacial score (nSPS) is 16.5. The fourth-order valence-electron chi connectivity index (χ4n) is 2.67. The molecule has 8 heteroatoms. The van der Waals surface area contributed by atoms with Crippen LogP contribution in [0.2, 0.25) is 5.02 Å². The van der Waals surface area contributed by atoms with Crippen molar-refractivity contribution in [3.8, 4) is 0 Å². The molecule has 1 aromatic carbocycles. The summed E-state index contributed by atoms with van der Waals surface area (Å²) in [4.78, 5) is 29.1. The van der Waals surface area contributed by atoms with Gasteiger partial charge in [-0.15, -0.1) is 11.8 Å². The number of thioether (sulfide) groups is 1. The molecule has 2 heterocycles. The number of urea groups is 1. The van der Waals surface area contributed by atoms with Crippen molar-refractivity contribution in [1.82, 2.24) is 15.6 Å². The number of aromatic nitrogens is 1. The summed E-state index contributed by atoms with van der Waals surface area (Å²) in [5.41, 5.74) is 1.63. The summed E-state index contributed by atoms with van der Waals surface area (Å²) in [6.45, 7) is 1.98. The van der Waals surface area contributed by atoms with Gasteiger partial charge in [-0.25, -0.2) is 14.6 Å². The standard InChI is InChI=1S/C19H18ClN3O3S/c1-2-26-18(24)16-14(11-27-15-5-3-4-10-21-15)22-19(25)23-17(16)12-6-8-13(20)9-7-12/h3-10,17H,2,11H2,1H3,(H2,22,23,25). The maximum Gasteiger partial charge on any atom is 0.338 e. The van der Waals surface area contributed by atoms with E-state index in [-0.39, 0.29) is 12.6 Å². The van der Waals surface area contributed by atoms with Crippen LogP contribution in [0.4, 0.5) is 4.79 Å². The zero-order valence-electron chi connectivity index (χ0n) is 14.6. The number of carbonyl (C=O) groups excluding carboxylic acids is 2. The SMILES string of the molecule is CCOC(=O)C1=C(CSc2ccccn2)NC(=O)NC1c1ccc(Cl)cc1.